The van der Waals surface area contributed by atoms with Crippen molar-refractivity contribution in [2.24, 2.45) is 10.7 Å². The summed E-state index contributed by atoms with van der Waals surface area (Å²) >= 11 is 0. The monoisotopic (exact) mass is 352 g/mol. The maximum atomic E-state index is 12.4. The Morgan fingerprint density at radius 3 is 2.58 bits per heavy atom. The summed E-state index contributed by atoms with van der Waals surface area (Å²) in [5.74, 6) is 0.329. The molecule has 0 radical (unpaired) electrons. The Kier molecular flexibility index (Phi) is 7.21. The third-order valence-corrected chi connectivity index (χ3v) is 4.20. The quantitative estimate of drug-likeness (QED) is 0.529. The lowest BCUT2D eigenvalue weighted by molar-refractivity contribution is 0.0951. The van der Waals surface area contributed by atoms with E-state index in [1.54, 1.807) is 6.07 Å². The SMILES string of the molecule is CCC(C)NC(N)=NCc1cccc(C(=O)NCc2ccc(C)cc2)c1. The second-order valence-electron chi connectivity index (χ2n) is 6.52. The molecule has 0 saturated heterocycles. The van der Waals surface area contributed by atoms with E-state index in [2.05, 4.69) is 29.5 Å². The van der Waals surface area contributed by atoms with Gasteiger partial charge in [0.2, 0.25) is 0 Å². The molecular weight excluding hydrogens is 324 g/mol. The summed E-state index contributed by atoms with van der Waals surface area (Å²) in [5, 5.41) is 6.08. The number of amides is 1. The molecule has 5 nitrogen and oxygen atoms in total. The number of nitrogens with two attached hydrogens (primary N) is 1. The molecule has 0 spiro atoms. The van der Waals surface area contributed by atoms with Gasteiger partial charge in [0.1, 0.15) is 0 Å². The molecule has 1 unspecified atom stereocenters. The normalized spacial score (nSPS) is 12.5. The molecule has 0 aromatic heterocycles. The van der Waals surface area contributed by atoms with Gasteiger partial charge in [0.05, 0.1) is 6.54 Å². The van der Waals surface area contributed by atoms with Crippen molar-refractivity contribution in [3.8, 4) is 0 Å². The van der Waals surface area contributed by atoms with Crippen LogP contribution < -0.4 is 16.4 Å². The van der Waals surface area contributed by atoms with Gasteiger partial charge in [-0.1, -0.05) is 48.9 Å². The van der Waals surface area contributed by atoms with Crippen LogP contribution >= 0.6 is 0 Å². The molecule has 138 valence electrons. The second kappa shape index (κ2) is 9.61. The molecule has 0 saturated carbocycles. The van der Waals surface area contributed by atoms with E-state index in [-0.39, 0.29) is 11.9 Å². The summed E-state index contributed by atoms with van der Waals surface area (Å²) < 4.78 is 0. The van der Waals surface area contributed by atoms with E-state index in [0.717, 1.165) is 17.5 Å². The van der Waals surface area contributed by atoms with Crippen molar-refractivity contribution >= 4 is 11.9 Å². The first-order valence-corrected chi connectivity index (χ1v) is 8.97. The molecule has 0 bridgehead atoms. The number of guanidine groups is 1. The van der Waals surface area contributed by atoms with Crippen LogP contribution in [0.25, 0.3) is 0 Å². The largest absolute Gasteiger partial charge is 0.370 e. The average Bonchev–Trinajstić information content (AvgIpc) is 2.65. The number of carbonyl (C=O) groups is 1. The second-order valence-corrected chi connectivity index (χ2v) is 6.52. The number of rotatable bonds is 7. The van der Waals surface area contributed by atoms with E-state index in [4.69, 9.17) is 5.73 Å². The molecular formula is C21H28N4O. The van der Waals surface area contributed by atoms with Gasteiger partial charge in [-0.2, -0.15) is 0 Å². The molecule has 4 N–H and O–H groups in total. The maximum Gasteiger partial charge on any atom is 0.251 e. The summed E-state index contributed by atoms with van der Waals surface area (Å²) in [5.41, 5.74) is 9.73. The Balaban J connectivity index is 1.93. The minimum absolute atomic E-state index is 0.0953. The molecule has 1 atom stereocenters. The Morgan fingerprint density at radius 2 is 1.88 bits per heavy atom. The molecule has 2 rings (SSSR count). The fraction of sp³-hybridized carbons (Fsp3) is 0.333. The fourth-order valence-corrected chi connectivity index (χ4v) is 2.38. The highest BCUT2D eigenvalue weighted by Crippen LogP contribution is 2.08. The fourth-order valence-electron chi connectivity index (χ4n) is 2.38. The van der Waals surface area contributed by atoms with Crippen LogP contribution in [-0.2, 0) is 13.1 Å². The first kappa shape index (κ1) is 19.5. The number of hydrogen-bond donors (Lipinski definition) is 3. The van der Waals surface area contributed by atoms with E-state index in [1.807, 2.05) is 49.4 Å². The Labute approximate surface area is 155 Å². The van der Waals surface area contributed by atoms with Crippen molar-refractivity contribution in [2.45, 2.75) is 46.3 Å². The lowest BCUT2D eigenvalue weighted by Gasteiger charge is -2.11. The van der Waals surface area contributed by atoms with Crippen LogP contribution in [0.4, 0.5) is 0 Å². The maximum absolute atomic E-state index is 12.4. The van der Waals surface area contributed by atoms with E-state index in [0.29, 0.717) is 24.6 Å². The number of aryl methyl sites for hydroxylation is 1. The van der Waals surface area contributed by atoms with Crippen molar-refractivity contribution in [3.05, 3.63) is 70.8 Å². The number of hydrogen-bond acceptors (Lipinski definition) is 2. The Hall–Kier alpha value is -2.82. The molecule has 0 aliphatic carbocycles. The van der Waals surface area contributed by atoms with Gasteiger partial charge in [0.15, 0.2) is 5.96 Å². The van der Waals surface area contributed by atoms with Crippen LogP contribution in [0.3, 0.4) is 0 Å². The van der Waals surface area contributed by atoms with Crippen molar-refractivity contribution in [1.82, 2.24) is 10.6 Å². The summed E-state index contributed by atoms with van der Waals surface area (Å²) in [4.78, 5) is 16.7. The number of carbonyl (C=O) groups excluding carboxylic acids is 1. The molecule has 26 heavy (non-hydrogen) atoms. The van der Waals surface area contributed by atoms with E-state index in [9.17, 15) is 4.79 Å². The van der Waals surface area contributed by atoms with Gasteiger partial charge in [0, 0.05) is 18.2 Å². The zero-order chi connectivity index (χ0) is 18.9. The smallest absolute Gasteiger partial charge is 0.251 e. The summed E-state index contributed by atoms with van der Waals surface area (Å²) in [6.07, 6.45) is 0.979. The highest BCUT2D eigenvalue weighted by Gasteiger charge is 2.06. The molecule has 2 aromatic rings. The minimum atomic E-state index is -0.0953. The summed E-state index contributed by atoms with van der Waals surface area (Å²) in [6.45, 7) is 7.13. The zero-order valence-electron chi connectivity index (χ0n) is 15.8. The molecule has 0 fully saturated rings. The Morgan fingerprint density at radius 1 is 1.15 bits per heavy atom. The predicted octanol–water partition coefficient (Wildman–Crippen LogP) is 3.13. The van der Waals surface area contributed by atoms with Crippen LogP contribution in [-0.4, -0.2) is 17.9 Å². The minimum Gasteiger partial charge on any atom is -0.370 e. The summed E-state index contributed by atoms with van der Waals surface area (Å²) in [7, 11) is 0. The van der Waals surface area contributed by atoms with Gasteiger partial charge in [-0.15, -0.1) is 0 Å². The lowest BCUT2D eigenvalue weighted by atomic mass is 10.1. The van der Waals surface area contributed by atoms with Gasteiger partial charge in [0.25, 0.3) is 5.91 Å². The summed E-state index contributed by atoms with van der Waals surface area (Å²) in [6, 6.07) is 15.9. The van der Waals surface area contributed by atoms with Gasteiger partial charge >= 0.3 is 0 Å². The highest BCUT2D eigenvalue weighted by molar-refractivity contribution is 5.94. The van der Waals surface area contributed by atoms with Crippen molar-refractivity contribution in [2.75, 3.05) is 0 Å². The van der Waals surface area contributed by atoms with Crippen LogP contribution in [0.1, 0.15) is 47.3 Å². The number of aliphatic imine (C=N–C) groups is 1. The van der Waals surface area contributed by atoms with E-state index >= 15 is 0 Å². The molecule has 0 heterocycles. The van der Waals surface area contributed by atoms with Crippen LogP contribution in [0.2, 0.25) is 0 Å². The molecule has 0 aliphatic rings. The van der Waals surface area contributed by atoms with Crippen molar-refractivity contribution < 1.29 is 4.79 Å². The molecule has 5 heteroatoms. The van der Waals surface area contributed by atoms with Gasteiger partial charge < -0.3 is 16.4 Å². The van der Waals surface area contributed by atoms with E-state index < -0.39 is 0 Å². The zero-order valence-corrected chi connectivity index (χ0v) is 15.8. The highest BCUT2D eigenvalue weighted by atomic mass is 16.1. The lowest BCUT2D eigenvalue weighted by Crippen LogP contribution is -2.38. The Bertz CT molecular complexity index is 753. The number of nitrogens with zero attached hydrogens (tertiary/aromatic N) is 1. The van der Waals surface area contributed by atoms with Crippen molar-refractivity contribution in [1.29, 1.82) is 0 Å². The average molecular weight is 352 g/mol. The van der Waals surface area contributed by atoms with Gasteiger partial charge in [-0.25, -0.2) is 4.99 Å². The molecule has 2 aromatic carbocycles. The van der Waals surface area contributed by atoms with Crippen LogP contribution in [0.15, 0.2) is 53.5 Å². The first-order valence-electron chi connectivity index (χ1n) is 8.97. The topological polar surface area (TPSA) is 79.5 Å². The van der Waals surface area contributed by atoms with Crippen LogP contribution in [0, 0.1) is 6.92 Å². The van der Waals surface area contributed by atoms with Gasteiger partial charge in [-0.3, -0.25) is 4.79 Å². The van der Waals surface area contributed by atoms with Crippen LogP contribution in [0.5, 0.6) is 0 Å². The standard InChI is InChI=1S/C21H28N4O/c1-4-16(3)25-21(22)24-14-18-6-5-7-19(12-18)20(26)23-13-17-10-8-15(2)9-11-17/h5-12,16H,4,13-14H2,1-3H3,(H,23,26)(H3,22,24,25). The predicted molar refractivity (Wildman–Crippen MR) is 107 cm³/mol. The third kappa shape index (κ3) is 6.24. The van der Waals surface area contributed by atoms with Crippen molar-refractivity contribution in [3.63, 3.8) is 0 Å². The molecule has 0 aliphatic heterocycles. The number of benzene rings is 2. The third-order valence-electron chi connectivity index (χ3n) is 4.20. The number of nitrogens with one attached hydrogen (secondary N) is 2. The van der Waals surface area contributed by atoms with E-state index in [1.165, 1.54) is 5.56 Å². The van der Waals surface area contributed by atoms with Gasteiger partial charge in [-0.05, 0) is 43.5 Å². The first-order chi connectivity index (χ1) is 12.5. The molecule has 1 amide bonds.